The predicted octanol–water partition coefficient (Wildman–Crippen LogP) is 1.95. The van der Waals surface area contributed by atoms with E-state index in [0.29, 0.717) is 18.0 Å². The van der Waals surface area contributed by atoms with E-state index in [4.69, 9.17) is 4.52 Å². The van der Waals surface area contributed by atoms with Crippen molar-refractivity contribution in [1.82, 2.24) is 25.3 Å². The van der Waals surface area contributed by atoms with Gasteiger partial charge in [0, 0.05) is 44.3 Å². The number of nitrogens with one attached hydrogen (secondary N) is 1. The maximum absolute atomic E-state index is 12.3. The molecule has 0 unspecified atom stereocenters. The van der Waals surface area contributed by atoms with Gasteiger partial charge in [-0.15, -0.1) is 0 Å². The largest absolute Gasteiger partial charge is 0.361 e. The Labute approximate surface area is 152 Å². The first-order valence-corrected chi connectivity index (χ1v) is 8.83. The minimum absolute atomic E-state index is 0.0356. The van der Waals surface area contributed by atoms with Crippen molar-refractivity contribution >= 4 is 11.8 Å². The van der Waals surface area contributed by atoms with Crippen molar-refractivity contribution in [2.24, 2.45) is 0 Å². The second-order valence-electron chi connectivity index (χ2n) is 6.41. The van der Waals surface area contributed by atoms with E-state index in [1.54, 1.807) is 19.2 Å². The lowest BCUT2D eigenvalue weighted by Crippen LogP contribution is -2.31. The summed E-state index contributed by atoms with van der Waals surface area (Å²) in [7, 11) is 0. The maximum Gasteiger partial charge on any atom is 0.273 e. The predicted molar refractivity (Wildman–Crippen MR) is 93.2 cm³/mol. The number of hydrogen-bond acceptors (Lipinski definition) is 6. The molecule has 0 bridgehead atoms. The Morgan fingerprint density at radius 3 is 2.92 bits per heavy atom. The van der Waals surface area contributed by atoms with Gasteiger partial charge in [-0.1, -0.05) is 12.1 Å². The number of rotatable bonds is 5. The molecular formula is C18H23N5O3. The van der Waals surface area contributed by atoms with Gasteiger partial charge in [-0.2, -0.15) is 0 Å². The molecule has 1 aliphatic heterocycles. The summed E-state index contributed by atoms with van der Waals surface area (Å²) in [5.74, 6) is 1.04. The molecule has 8 heteroatoms. The minimum atomic E-state index is -0.310. The summed E-state index contributed by atoms with van der Waals surface area (Å²) in [6.45, 7) is 6.32. The highest BCUT2D eigenvalue weighted by atomic mass is 16.5. The molecule has 0 aliphatic carbocycles. The summed E-state index contributed by atoms with van der Waals surface area (Å²) in [5, 5.41) is 6.61. The second kappa shape index (κ2) is 7.63. The maximum atomic E-state index is 12.3. The Bertz CT molecular complexity index is 817. The van der Waals surface area contributed by atoms with E-state index in [1.165, 1.54) is 0 Å². The molecule has 1 aliphatic rings. The molecule has 1 atom stereocenters. The van der Waals surface area contributed by atoms with Crippen molar-refractivity contribution in [1.29, 1.82) is 0 Å². The van der Waals surface area contributed by atoms with E-state index >= 15 is 0 Å². The van der Waals surface area contributed by atoms with Gasteiger partial charge in [-0.25, -0.2) is 9.97 Å². The van der Waals surface area contributed by atoms with Crippen molar-refractivity contribution in [2.45, 2.75) is 52.6 Å². The van der Waals surface area contributed by atoms with Crippen LogP contribution in [0, 0.1) is 6.92 Å². The van der Waals surface area contributed by atoms with E-state index < -0.39 is 0 Å². The van der Waals surface area contributed by atoms with Gasteiger partial charge in [0.15, 0.2) is 5.69 Å². The molecule has 0 radical (unpaired) electrons. The normalized spacial score (nSPS) is 16.7. The number of amides is 2. The van der Waals surface area contributed by atoms with Gasteiger partial charge >= 0.3 is 0 Å². The van der Waals surface area contributed by atoms with Gasteiger partial charge in [-0.3, -0.25) is 9.59 Å². The van der Waals surface area contributed by atoms with E-state index in [0.717, 1.165) is 30.6 Å². The third-order valence-corrected chi connectivity index (χ3v) is 4.57. The number of likely N-dealkylation sites (tertiary alicyclic amines) is 1. The van der Waals surface area contributed by atoms with Crippen LogP contribution in [0.4, 0.5) is 0 Å². The number of aryl methyl sites for hydroxylation is 2. The fourth-order valence-corrected chi connectivity index (χ4v) is 3.22. The van der Waals surface area contributed by atoms with Crippen LogP contribution in [0.1, 0.15) is 66.1 Å². The van der Waals surface area contributed by atoms with Crippen LogP contribution in [-0.4, -0.2) is 38.4 Å². The number of carbonyl (C=O) groups excluding carboxylic acids is 2. The van der Waals surface area contributed by atoms with Gasteiger partial charge in [0.2, 0.25) is 5.91 Å². The number of hydrogen-bond donors (Lipinski definition) is 1. The molecule has 2 amide bonds. The summed E-state index contributed by atoms with van der Waals surface area (Å²) in [5.41, 5.74) is 1.86. The summed E-state index contributed by atoms with van der Waals surface area (Å²) in [6.07, 6.45) is 4.20. The van der Waals surface area contributed by atoms with Gasteiger partial charge in [0.25, 0.3) is 5.91 Å². The molecule has 3 heterocycles. The highest BCUT2D eigenvalue weighted by Crippen LogP contribution is 2.32. The average molecular weight is 357 g/mol. The molecule has 26 heavy (non-hydrogen) atoms. The van der Waals surface area contributed by atoms with E-state index in [-0.39, 0.29) is 30.1 Å². The summed E-state index contributed by atoms with van der Waals surface area (Å²) >= 11 is 0. The number of carbonyl (C=O) groups is 2. The lowest BCUT2D eigenvalue weighted by Gasteiger charge is -2.24. The van der Waals surface area contributed by atoms with Crippen molar-refractivity contribution in [3.63, 3.8) is 0 Å². The van der Waals surface area contributed by atoms with Crippen LogP contribution in [0.3, 0.4) is 0 Å². The van der Waals surface area contributed by atoms with Crippen LogP contribution in [0.2, 0.25) is 0 Å². The van der Waals surface area contributed by atoms with Crippen LogP contribution >= 0.6 is 0 Å². The quantitative estimate of drug-likeness (QED) is 0.878. The Morgan fingerprint density at radius 2 is 2.23 bits per heavy atom. The van der Waals surface area contributed by atoms with E-state index in [9.17, 15) is 9.59 Å². The van der Waals surface area contributed by atoms with E-state index in [1.807, 2.05) is 18.7 Å². The van der Waals surface area contributed by atoms with Crippen LogP contribution in [0.15, 0.2) is 16.8 Å². The minimum Gasteiger partial charge on any atom is -0.361 e. The van der Waals surface area contributed by atoms with Gasteiger partial charge in [0.05, 0.1) is 11.7 Å². The van der Waals surface area contributed by atoms with E-state index in [2.05, 4.69) is 20.4 Å². The molecule has 1 N–H and O–H groups in total. The van der Waals surface area contributed by atoms with Crippen LogP contribution in [-0.2, 0) is 17.8 Å². The lowest BCUT2D eigenvalue weighted by molar-refractivity contribution is -0.129. The zero-order valence-electron chi connectivity index (χ0n) is 15.3. The standard InChI is InChI=1S/C18H23N5O3/c1-4-14-8-15(22-26-14)18(25)20-10-13-9-19-11(2)21-17(13)16-6-5-7-23(16)12(3)24/h8-9,16H,4-7,10H2,1-3H3,(H,20,25)/t16-/m1/s1. The van der Waals surface area contributed by atoms with Crippen LogP contribution in [0.25, 0.3) is 0 Å². The van der Waals surface area contributed by atoms with Gasteiger partial charge in [-0.05, 0) is 19.8 Å². The molecule has 2 aromatic rings. The van der Waals surface area contributed by atoms with Gasteiger partial charge < -0.3 is 14.7 Å². The Morgan fingerprint density at radius 1 is 1.42 bits per heavy atom. The molecule has 1 saturated heterocycles. The lowest BCUT2D eigenvalue weighted by atomic mass is 10.1. The van der Waals surface area contributed by atoms with Crippen molar-refractivity contribution in [3.05, 3.63) is 40.8 Å². The number of aromatic nitrogens is 3. The zero-order chi connectivity index (χ0) is 18.7. The third kappa shape index (κ3) is 3.74. The molecule has 0 spiro atoms. The summed E-state index contributed by atoms with van der Waals surface area (Å²) in [4.78, 5) is 34.8. The molecule has 0 saturated carbocycles. The first-order valence-electron chi connectivity index (χ1n) is 8.83. The summed E-state index contributed by atoms with van der Waals surface area (Å²) in [6, 6.07) is 1.57. The fourth-order valence-electron chi connectivity index (χ4n) is 3.22. The van der Waals surface area contributed by atoms with Crippen LogP contribution < -0.4 is 5.32 Å². The SMILES string of the molecule is CCc1cc(C(=O)NCc2cnc(C)nc2[C@H]2CCCN2C(C)=O)no1. The monoisotopic (exact) mass is 357 g/mol. The molecule has 2 aromatic heterocycles. The smallest absolute Gasteiger partial charge is 0.273 e. The van der Waals surface area contributed by atoms with Crippen LogP contribution in [0.5, 0.6) is 0 Å². The molecule has 3 rings (SSSR count). The fraction of sp³-hybridized carbons (Fsp3) is 0.500. The third-order valence-electron chi connectivity index (χ3n) is 4.57. The van der Waals surface area contributed by atoms with Crippen molar-refractivity contribution in [2.75, 3.05) is 6.54 Å². The van der Waals surface area contributed by atoms with Crippen molar-refractivity contribution in [3.8, 4) is 0 Å². The first kappa shape index (κ1) is 18.0. The Kier molecular flexibility index (Phi) is 5.29. The molecule has 1 fully saturated rings. The highest BCUT2D eigenvalue weighted by molar-refractivity contribution is 5.92. The highest BCUT2D eigenvalue weighted by Gasteiger charge is 2.31. The zero-order valence-corrected chi connectivity index (χ0v) is 15.3. The Balaban J connectivity index is 1.77. The molecule has 138 valence electrons. The molecular weight excluding hydrogens is 334 g/mol. The van der Waals surface area contributed by atoms with Crippen molar-refractivity contribution < 1.29 is 14.1 Å². The number of nitrogens with zero attached hydrogens (tertiary/aromatic N) is 4. The van der Waals surface area contributed by atoms with Gasteiger partial charge in [0.1, 0.15) is 11.6 Å². The molecule has 8 nitrogen and oxygen atoms in total. The topological polar surface area (TPSA) is 101 Å². The first-order chi connectivity index (χ1) is 12.5. The molecule has 0 aromatic carbocycles. The Hall–Kier alpha value is -2.77. The average Bonchev–Trinajstić information content (AvgIpc) is 3.29. The second-order valence-corrected chi connectivity index (χ2v) is 6.41. The summed E-state index contributed by atoms with van der Waals surface area (Å²) < 4.78 is 5.07.